The van der Waals surface area contributed by atoms with Gasteiger partial charge in [0.1, 0.15) is 11.6 Å². The molecule has 0 saturated heterocycles. The van der Waals surface area contributed by atoms with Crippen molar-refractivity contribution >= 4 is 18.1 Å². The molecular weight excluding hydrogens is 331 g/mol. The second-order valence-corrected chi connectivity index (χ2v) is 6.38. The van der Waals surface area contributed by atoms with E-state index in [-0.39, 0.29) is 18.2 Å². The summed E-state index contributed by atoms with van der Waals surface area (Å²) in [5.41, 5.74) is -1.62. The molecule has 1 unspecified atom stereocenters. The molecule has 24 heavy (non-hydrogen) atoms. The van der Waals surface area contributed by atoms with Crippen molar-refractivity contribution in [2.45, 2.75) is 38.8 Å². The van der Waals surface area contributed by atoms with Crippen LogP contribution < -0.4 is 5.32 Å². The quantitative estimate of drug-likeness (QED) is 0.696. The Morgan fingerprint density at radius 3 is 2.88 bits per heavy atom. The molecule has 0 aliphatic carbocycles. The second kappa shape index (κ2) is 7.23. The molecule has 2 rings (SSSR count). The van der Waals surface area contributed by atoms with Crippen molar-refractivity contribution in [3.63, 3.8) is 0 Å². The molecule has 0 aliphatic rings. The number of halogens is 1. The van der Waals surface area contributed by atoms with E-state index in [9.17, 15) is 14.3 Å². The van der Waals surface area contributed by atoms with Crippen LogP contribution >= 0.6 is 12.2 Å². The van der Waals surface area contributed by atoms with Crippen LogP contribution in [0.1, 0.15) is 38.2 Å². The molecule has 0 bridgehead atoms. The minimum Gasteiger partial charge on any atom is -0.376 e. The fourth-order valence-corrected chi connectivity index (χ4v) is 2.79. The van der Waals surface area contributed by atoms with Gasteiger partial charge in [-0.3, -0.25) is 9.89 Å². The van der Waals surface area contributed by atoms with Crippen LogP contribution in [0.4, 0.5) is 4.39 Å². The Morgan fingerprint density at radius 2 is 2.25 bits per heavy atom. The van der Waals surface area contributed by atoms with Gasteiger partial charge in [-0.1, -0.05) is 12.1 Å². The average molecular weight is 352 g/mol. The molecule has 8 heteroatoms. The first-order valence-corrected chi connectivity index (χ1v) is 8.06. The van der Waals surface area contributed by atoms with E-state index in [1.807, 2.05) is 18.4 Å². The van der Waals surface area contributed by atoms with Crippen molar-refractivity contribution in [2.75, 3.05) is 6.54 Å². The van der Waals surface area contributed by atoms with Crippen molar-refractivity contribution < 1.29 is 14.3 Å². The van der Waals surface area contributed by atoms with Gasteiger partial charge in [0.2, 0.25) is 0 Å². The number of hydrogen-bond donors (Lipinski definition) is 3. The Bertz CT molecular complexity index is 782. The summed E-state index contributed by atoms with van der Waals surface area (Å²) in [6, 6.07) is 5.51. The molecule has 1 aromatic heterocycles. The number of aromatic nitrogens is 3. The molecule has 1 atom stereocenters. The van der Waals surface area contributed by atoms with E-state index in [1.54, 1.807) is 0 Å². The minimum absolute atomic E-state index is 0.150. The Hall–Kier alpha value is -2.06. The van der Waals surface area contributed by atoms with Crippen LogP contribution in [0.5, 0.6) is 0 Å². The predicted molar refractivity (Wildman–Crippen MR) is 90.5 cm³/mol. The van der Waals surface area contributed by atoms with Crippen LogP contribution in [0.3, 0.4) is 0 Å². The van der Waals surface area contributed by atoms with Crippen LogP contribution in [0.2, 0.25) is 0 Å². The number of aromatic amines is 1. The minimum atomic E-state index is -1.81. The van der Waals surface area contributed by atoms with Gasteiger partial charge in [0.25, 0.3) is 5.91 Å². The van der Waals surface area contributed by atoms with Crippen LogP contribution in [-0.2, 0) is 16.8 Å². The fourth-order valence-electron chi connectivity index (χ4n) is 2.43. The van der Waals surface area contributed by atoms with E-state index in [0.717, 1.165) is 11.9 Å². The maximum absolute atomic E-state index is 13.3. The third kappa shape index (κ3) is 3.88. The molecular formula is C16H21FN4O2S. The highest BCUT2D eigenvalue weighted by Gasteiger charge is 2.32. The maximum atomic E-state index is 13.3. The normalized spacial score (nSPS) is 13.8. The van der Waals surface area contributed by atoms with Gasteiger partial charge in [-0.25, -0.2) is 4.39 Å². The van der Waals surface area contributed by atoms with Gasteiger partial charge in [-0.05, 0) is 50.7 Å². The Labute approximate surface area is 144 Å². The van der Waals surface area contributed by atoms with Crippen LogP contribution in [-0.4, -0.2) is 32.3 Å². The number of aliphatic hydroxyl groups is 1. The van der Waals surface area contributed by atoms with Crippen LogP contribution in [0.15, 0.2) is 24.3 Å². The molecule has 3 N–H and O–H groups in total. The smallest absolute Gasteiger partial charge is 0.256 e. The molecule has 2 aromatic rings. The van der Waals surface area contributed by atoms with Gasteiger partial charge >= 0.3 is 0 Å². The summed E-state index contributed by atoms with van der Waals surface area (Å²) in [6.45, 7) is 5.59. The van der Waals surface area contributed by atoms with E-state index in [4.69, 9.17) is 12.2 Å². The number of carbonyl (C=O) groups excluding carboxylic acids is 1. The number of hydrogen-bond acceptors (Lipinski definition) is 4. The lowest BCUT2D eigenvalue weighted by molar-refractivity contribution is -0.138. The lowest BCUT2D eigenvalue weighted by Gasteiger charge is -2.23. The zero-order valence-electron chi connectivity index (χ0n) is 13.8. The fraction of sp³-hybridized carbons (Fsp3) is 0.438. The first kappa shape index (κ1) is 18.3. The summed E-state index contributed by atoms with van der Waals surface area (Å²) >= 11 is 5.17. The molecule has 130 valence electrons. The molecule has 0 spiro atoms. The van der Waals surface area contributed by atoms with Gasteiger partial charge in [-0.15, -0.1) is 0 Å². The van der Waals surface area contributed by atoms with Crippen molar-refractivity contribution in [1.82, 2.24) is 20.1 Å². The van der Waals surface area contributed by atoms with Gasteiger partial charge in [0.05, 0.1) is 0 Å². The first-order valence-electron chi connectivity index (χ1n) is 7.66. The third-order valence-corrected chi connectivity index (χ3v) is 4.04. The zero-order chi connectivity index (χ0) is 17.9. The molecule has 1 amide bonds. The van der Waals surface area contributed by atoms with E-state index < -0.39 is 17.3 Å². The van der Waals surface area contributed by atoms with Crippen molar-refractivity contribution in [2.24, 2.45) is 0 Å². The summed E-state index contributed by atoms with van der Waals surface area (Å²) in [6.07, 6.45) is 0.455. The predicted octanol–water partition coefficient (Wildman–Crippen LogP) is 2.23. The number of H-pyrrole nitrogens is 1. The molecule has 0 radical (unpaired) electrons. The van der Waals surface area contributed by atoms with Crippen LogP contribution in [0, 0.1) is 10.6 Å². The van der Waals surface area contributed by atoms with Gasteiger partial charge in [0, 0.05) is 19.0 Å². The summed E-state index contributed by atoms with van der Waals surface area (Å²) in [7, 11) is 0. The highest BCUT2D eigenvalue weighted by Crippen LogP contribution is 2.21. The molecule has 0 saturated carbocycles. The van der Waals surface area contributed by atoms with Gasteiger partial charge in [-0.2, -0.15) is 5.10 Å². The second-order valence-electron chi connectivity index (χ2n) is 6.00. The van der Waals surface area contributed by atoms with E-state index >= 15 is 0 Å². The maximum Gasteiger partial charge on any atom is 0.256 e. The van der Waals surface area contributed by atoms with Crippen LogP contribution in [0.25, 0.3) is 0 Å². The summed E-state index contributed by atoms with van der Waals surface area (Å²) in [4.78, 5) is 12.3. The molecule has 6 nitrogen and oxygen atoms in total. The number of nitrogens with zero attached hydrogens (tertiary/aromatic N) is 2. The first-order chi connectivity index (χ1) is 11.2. The SMILES string of the molecule is CC(C)n1c(CCNC(=O)C(C)(O)c2cccc(F)c2)n[nH]c1=S. The number of amides is 1. The number of benzene rings is 1. The van der Waals surface area contributed by atoms with E-state index in [2.05, 4.69) is 15.5 Å². The van der Waals surface area contributed by atoms with E-state index in [1.165, 1.54) is 25.1 Å². The van der Waals surface area contributed by atoms with Crippen molar-refractivity contribution in [1.29, 1.82) is 0 Å². The molecule has 0 fully saturated rings. The number of rotatable bonds is 6. The zero-order valence-corrected chi connectivity index (χ0v) is 14.7. The largest absolute Gasteiger partial charge is 0.376 e. The van der Waals surface area contributed by atoms with Gasteiger partial charge in [0.15, 0.2) is 10.4 Å². The topological polar surface area (TPSA) is 82.9 Å². The number of nitrogens with one attached hydrogen (secondary N) is 2. The molecule has 1 heterocycles. The molecule has 1 aromatic carbocycles. The van der Waals surface area contributed by atoms with Crippen molar-refractivity contribution in [3.8, 4) is 0 Å². The van der Waals surface area contributed by atoms with E-state index in [0.29, 0.717) is 11.2 Å². The average Bonchev–Trinajstić information content (AvgIpc) is 2.88. The molecule has 0 aliphatic heterocycles. The third-order valence-electron chi connectivity index (χ3n) is 3.76. The summed E-state index contributed by atoms with van der Waals surface area (Å²) in [5.74, 6) is -0.382. The summed E-state index contributed by atoms with van der Waals surface area (Å²) < 4.78 is 15.7. The number of carbonyl (C=O) groups is 1. The Balaban J connectivity index is 2.02. The van der Waals surface area contributed by atoms with Crippen molar-refractivity contribution in [3.05, 3.63) is 46.2 Å². The summed E-state index contributed by atoms with van der Waals surface area (Å²) in [5, 5.41) is 19.9. The highest BCUT2D eigenvalue weighted by atomic mass is 32.1. The Morgan fingerprint density at radius 1 is 1.54 bits per heavy atom. The van der Waals surface area contributed by atoms with Gasteiger partial charge < -0.3 is 15.0 Å². The highest BCUT2D eigenvalue weighted by molar-refractivity contribution is 7.71. The lowest BCUT2D eigenvalue weighted by Crippen LogP contribution is -2.43. The lowest BCUT2D eigenvalue weighted by atomic mass is 9.95. The monoisotopic (exact) mass is 352 g/mol. The Kier molecular flexibility index (Phi) is 5.51. The standard InChI is InChI=1S/C16H21FN4O2S/c1-10(2)21-13(19-20-15(21)24)7-8-18-14(22)16(3,23)11-5-4-6-12(17)9-11/h4-6,9-10,23H,7-8H2,1-3H3,(H,18,22)(H,20,24).